The number of hydrogen-bond donors (Lipinski definition) is 2. The van der Waals surface area contributed by atoms with Gasteiger partial charge in [-0.2, -0.15) is 0 Å². The van der Waals surface area contributed by atoms with Crippen LogP contribution in [0.1, 0.15) is 39.0 Å². The first-order valence-corrected chi connectivity index (χ1v) is 4.64. The van der Waals surface area contributed by atoms with Crippen LogP contribution in [-0.4, -0.2) is 11.4 Å². The molecule has 12 heavy (non-hydrogen) atoms. The van der Waals surface area contributed by atoms with Gasteiger partial charge in [0.1, 0.15) is 0 Å². The molecule has 4 N–H and O–H groups in total. The molecule has 0 heterocycles. The standard InChI is InChI=1S/C9H18N2O/c1-9(11,8(10)12)7-5-3-2-4-6-7/h7H,2-6,11H2,1H3,(H2,10,12)/t9-/m0/s1. The Balaban J connectivity index is 2.59. The van der Waals surface area contributed by atoms with E-state index >= 15 is 0 Å². The summed E-state index contributed by atoms with van der Waals surface area (Å²) in [6, 6.07) is 0. The van der Waals surface area contributed by atoms with Gasteiger partial charge >= 0.3 is 0 Å². The molecule has 0 radical (unpaired) electrons. The van der Waals surface area contributed by atoms with Crippen molar-refractivity contribution in [2.45, 2.75) is 44.6 Å². The van der Waals surface area contributed by atoms with Crippen molar-refractivity contribution in [3.8, 4) is 0 Å². The topological polar surface area (TPSA) is 69.1 Å². The van der Waals surface area contributed by atoms with Crippen molar-refractivity contribution < 1.29 is 4.79 Å². The first-order chi connectivity index (χ1) is 5.55. The summed E-state index contributed by atoms with van der Waals surface area (Å²) >= 11 is 0. The van der Waals surface area contributed by atoms with Crippen molar-refractivity contribution in [1.82, 2.24) is 0 Å². The molecule has 0 aromatic carbocycles. The van der Waals surface area contributed by atoms with Crippen LogP contribution < -0.4 is 11.5 Å². The van der Waals surface area contributed by atoms with E-state index in [-0.39, 0.29) is 5.91 Å². The van der Waals surface area contributed by atoms with Gasteiger partial charge in [0.15, 0.2) is 0 Å². The molecule has 0 aliphatic heterocycles. The fourth-order valence-electron chi connectivity index (χ4n) is 1.90. The summed E-state index contributed by atoms with van der Waals surface area (Å²) in [7, 11) is 0. The lowest BCUT2D eigenvalue weighted by Crippen LogP contribution is -2.55. The van der Waals surface area contributed by atoms with E-state index in [1.807, 2.05) is 0 Å². The Kier molecular flexibility index (Phi) is 2.73. The summed E-state index contributed by atoms with van der Waals surface area (Å²) in [6.07, 6.45) is 5.74. The van der Waals surface area contributed by atoms with Crippen LogP contribution in [0.2, 0.25) is 0 Å². The van der Waals surface area contributed by atoms with Gasteiger partial charge in [0, 0.05) is 0 Å². The van der Waals surface area contributed by atoms with Crippen LogP contribution in [-0.2, 0) is 4.79 Å². The van der Waals surface area contributed by atoms with E-state index < -0.39 is 5.54 Å². The summed E-state index contributed by atoms with van der Waals surface area (Å²) in [6.45, 7) is 1.76. The van der Waals surface area contributed by atoms with Gasteiger partial charge in [-0.1, -0.05) is 19.3 Å². The average Bonchev–Trinajstić information content (AvgIpc) is 2.06. The normalized spacial score (nSPS) is 24.8. The third-order valence-corrected chi connectivity index (χ3v) is 2.98. The van der Waals surface area contributed by atoms with Gasteiger partial charge in [0.2, 0.25) is 5.91 Å². The quantitative estimate of drug-likeness (QED) is 0.642. The fraction of sp³-hybridized carbons (Fsp3) is 0.889. The fourth-order valence-corrected chi connectivity index (χ4v) is 1.90. The minimum Gasteiger partial charge on any atom is -0.368 e. The highest BCUT2D eigenvalue weighted by Gasteiger charge is 2.35. The summed E-state index contributed by atoms with van der Waals surface area (Å²) in [5, 5.41) is 0. The van der Waals surface area contributed by atoms with Crippen LogP contribution in [0.5, 0.6) is 0 Å². The maximum atomic E-state index is 11.0. The molecule has 1 aliphatic carbocycles. The molecule has 1 fully saturated rings. The molecule has 1 rings (SSSR count). The van der Waals surface area contributed by atoms with Crippen molar-refractivity contribution in [2.75, 3.05) is 0 Å². The summed E-state index contributed by atoms with van der Waals surface area (Å²) in [4.78, 5) is 11.0. The van der Waals surface area contributed by atoms with Crippen LogP contribution in [0.3, 0.4) is 0 Å². The van der Waals surface area contributed by atoms with Crippen LogP contribution in [0.15, 0.2) is 0 Å². The van der Waals surface area contributed by atoms with Crippen molar-refractivity contribution in [3.63, 3.8) is 0 Å². The van der Waals surface area contributed by atoms with Crippen LogP contribution in [0.4, 0.5) is 0 Å². The van der Waals surface area contributed by atoms with Gasteiger partial charge < -0.3 is 11.5 Å². The van der Waals surface area contributed by atoms with Crippen LogP contribution in [0.25, 0.3) is 0 Å². The largest absolute Gasteiger partial charge is 0.368 e. The molecule has 0 aromatic heterocycles. The Labute approximate surface area is 73.5 Å². The molecule has 1 amide bonds. The molecule has 0 spiro atoms. The summed E-state index contributed by atoms with van der Waals surface area (Å²) in [5.74, 6) is -0.0712. The monoisotopic (exact) mass is 170 g/mol. The van der Waals surface area contributed by atoms with Gasteiger partial charge in [-0.3, -0.25) is 4.79 Å². The number of carbonyl (C=O) groups excluding carboxylic acids is 1. The number of rotatable bonds is 2. The van der Waals surface area contributed by atoms with E-state index in [1.54, 1.807) is 6.92 Å². The van der Waals surface area contributed by atoms with E-state index in [4.69, 9.17) is 11.5 Å². The molecule has 1 atom stereocenters. The van der Waals surface area contributed by atoms with E-state index in [2.05, 4.69) is 0 Å². The molecule has 1 aliphatic rings. The number of nitrogens with two attached hydrogens (primary N) is 2. The highest BCUT2D eigenvalue weighted by Crippen LogP contribution is 2.30. The molecule has 3 nitrogen and oxygen atoms in total. The molecule has 0 aromatic rings. The molecule has 0 saturated heterocycles. The van der Waals surface area contributed by atoms with Crippen LogP contribution in [0, 0.1) is 5.92 Å². The Hall–Kier alpha value is -0.570. The van der Waals surface area contributed by atoms with Crippen molar-refractivity contribution in [1.29, 1.82) is 0 Å². The second-order valence-electron chi connectivity index (χ2n) is 3.98. The second-order valence-corrected chi connectivity index (χ2v) is 3.98. The Morgan fingerprint density at radius 3 is 2.25 bits per heavy atom. The molecular weight excluding hydrogens is 152 g/mol. The van der Waals surface area contributed by atoms with Crippen LogP contribution >= 0.6 is 0 Å². The lowest BCUT2D eigenvalue weighted by Gasteiger charge is -2.33. The first-order valence-electron chi connectivity index (χ1n) is 4.64. The third kappa shape index (κ3) is 1.78. The molecule has 0 bridgehead atoms. The predicted octanol–water partition coefficient (Wildman–Crippen LogP) is 0.769. The number of carbonyl (C=O) groups is 1. The first kappa shape index (κ1) is 9.52. The summed E-state index contributed by atoms with van der Waals surface area (Å²) < 4.78 is 0. The zero-order chi connectivity index (χ0) is 9.19. The van der Waals surface area contributed by atoms with Gasteiger partial charge in [0.25, 0.3) is 0 Å². The number of amides is 1. The zero-order valence-corrected chi connectivity index (χ0v) is 7.68. The molecule has 0 unspecified atom stereocenters. The van der Waals surface area contributed by atoms with Crippen molar-refractivity contribution in [3.05, 3.63) is 0 Å². The van der Waals surface area contributed by atoms with E-state index in [0.29, 0.717) is 5.92 Å². The Morgan fingerprint density at radius 2 is 1.83 bits per heavy atom. The number of hydrogen-bond acceptors (Lipinski definition) is 2. The van der Waals surface area contributed by atoms with Gasteiger partial charge in [-0.25, -0.2) is 0 Å². The molecule has 70 valence electrons. The predicted molar refractivity (Wildman–Crippen MR) is 48.4 cm³/mol. The van der Waals surface area contributed by atoms with Crippen molar-refractivity contribution in [2.24, 2.45) is 17.4 Å². The highest BCUT2D eigenvalue weighted by atomic mass is 16.1. The Bertz CT molecular complexity index is 171. The van der Waals surface area contributed by atoms with E-state index in [1.165, 1.54) is 19.3 Å². The molecular formula is C9H18N2O. The Morgan fingerprint density at radius 1 is 1.33 bits per heavy atom. The number of primary amides is 1. The maximum Gasteiger partial charge on any atom is 0.237 e. The molecule has 1 saturated carbocycles. The highest BCUT2D eigenvalue weighted by molar-refractivity contribution is 5.84. The zero-order valence-electron chi connectivity index (χ0n) is 7.68. The van der Waals surface area contributed by atoms with E-state index in [9.17, 15) is 4.79 Å². The van der Waals surface area contributed by atoms with Gasteiger partial charge in [-0.15, -0.1) is 0 Å². The SMILES string of the molecule is C[C@@](N)(C(N)=O)C1CCCCC1. The van der Waals surface area contributed by atoms with Gasteiger partial charge in [0.05, 0.1) is 5.54 Å². The summed E-state index contributed by atoms with van der Waals surface area (Å²) in [5.41, 5.74) is 10.3. The van der Waals surface area contributed by atoms with Gasteiger partial charge in [-0.05, 0) is 25.7 Å². The average molecular weight is 170 g/mol. The minimum atomic E-state index is -0.791. The smallest absolute Gasteiger partial charge is 0.237 e. The second kappa shape index (κ2) is 3.44. The lowest BCUT2D eigenvalue weighted by atomic mass is 9.76. The third-order valence-electron chi connectivity index (χ3n) is 2.98. The minimum absolute atomic E-state index is 0.295. The maximum absolute atomic E-state index is 11.0. The lowest BCUT2D eigenvalue weighted by molar-refractivity contribution is -0.124. The van der Waals surface area contributed by atoms with Crippen molar-refractivity contribution >= 4 is 5.91 Å². The van der Waals surface area contributed by atoms with E-state index in [0.717, 1.165) is 12.8 Å². The molecule has 3 heteroatoms.